The van der Waals surface area contributed by atoms with Gasteiger partial charge in [0, 0.05) is 17.0 Å². The monoisotopic (exact) mass is 569 g/mol. The maximum absolute atomic E-state index is 11.4. The largest absolute Gasteiger partial charge is 0.478 e. The van der Waals surface area contributed by atoms with Gasteiger partial charge in [-0.2, -0.15) is 4.98 Å². The van der Waals surface area contributed by atoms with E-state index in [1.807, 2.05) is 6.07 Å². The molecule has 3 aliphatic rings. The minimum Gasteiger partial charge on any atom is -0.478 e. The highest BCUT2D eigenvalue weighted by atomic mass is 35.5. The standard InChI is InChI=1S/C28H25Cl2N3O6/c29-20-2-1-3-21(30)24(20)25-19(26(39-32-25)14-4-5-14)13-37-18-9-16-11-36-12-17(10-18)33(16)28-31-22-7-6-15(27(34)35)8-23(22)38-28/h1-3,6-8,14,16-18H,4-5,9-13H2,(H,34,35). The van der Waals surface area contributed by atoms with E-state index in [2.05, 4.69) is 15.0 Å². The quantitative estimate of drug-likeness (QED) is 0.273. The number of oxazole rings is 1. The fraction of sp³-hybridized carbons (Fsp3) is 0.393. The van der Waals surface area contributed by atoms with Gasteiger partial charge >= 0.3 is 5.97 Å². The predicted octanol–water partition coefficient (Wildman–Crippen LogP) is 6.32. The summed E-state index contributed by atoms with van der Waals surface area (Å²) in [4.78, 5) is 18.2. The van der Waals surface area contributed by atoms with E-state index in [1.165, 1.54) is 12.1 Å². The molecule has 4 heterocycles. The molecule has 1 saturated carbocycles. The maximum Gasteiger partial charge on any atom is 0.335 e. The van der Waals surface area contributed by atoms with E-state index in [-0.39, 0.29) is 23.8 Å². The van der Waals surface area contributed by atoms with Crippen LogP contribution in [0.25, 0.3) is 22.4 Å². The molecule has 2 unspecified atom stereocenters. The zero-order valence-electron chi connectivity index (χ0n) is 20.8. The van der Waals surface area contributed by atoms with Gasteiger partial charge in [-0.25, -0.2) is 4.79 Å². The van der Waals surface area contributed by atoms with Crippen LogP contribution < -0.4 is 4.90 Å². The van der Waals surface area contributed by atoms with Gasteiger partial charge in [0.2, 0.25) is 0 Å². The molecular formula is C28H25Cl2N3O6. The number of ether oxygens (including phenoxy) is 2. The number of carbonyl (C=O) groups is 1. The van der Waals surface area contributed by atoms with E-state index in [9.17, 15) is 9.90 Å². The Bertz CT molecular complexity index is 1530. The lowest BCUT2D eigenvalue weighted by Gasteiger charge is -2.47. The number of aromatic nitrogens is 2. The summed E-state index contributed by atoms with van der Waals surface area (Å²) < 4.78 is 24.2. The number of rotatable bonds is 7. The van der Waals surface area contributed by atoms with Crippen molar-refractivity contribution in [3.05, 3.63) is 63.3 Å². The minimum absolute atomic E-state index is 0.0115. The number of piperidine rings is 1. The average Bonchev–Trinajstić information content (AvgIpc) is 3.53. The van der Waals surface area contributed by atoms with Crippen molar-refractivity contribution in [2.45, 2.75) is 56.4 Å². The molecule has 7 rings (SSSR count). The molecule has 4 aromatic rings. The van der Waals surface area contributed by atoms with E-state index in [1.54, 1.807) is 18.2 Å². The van der Waals surface area contributed by atoms with Gasteiger partial charge in [0.15, 0.2) is 5.58 Å². The molecule has 2 atom stereocenters. The number of fused-ring (bicyclic) bond motifs is 3. The Morgan fingerprint density at radius 1 is 1.10 bits per heavy atom. The molecule has 3 fully saturated rings. The number of nitrogens with zero attached hydrogens (tertiary/aromatic N) is 3. The van der Waals surface area contributed by atoms with Crippen molar-refractivity contribution in [2.24, 2.45) is 0 Å². The van der Waals surface area contributed by atoms with Crippen LogP contribution in [0.1, 0.15) is 53.3 Å². The zero-order chi connectivity index (χ0) is 26.7. The van der Waals surface area contributed by atoms with Crippen LogP contribution in [0.2, 0.25) is 10.0 Å². The van der Waals surface area contributed by atoms with Crippen LogP contribution in [0.15, 0.2) is 45.3 Å². The molecule has 0 spiro atoms. The first kappa shape index (κ1) is 24.9. The number of carboxylic acids is 1. The lowest BCUT2D eigenvalue weighted by atomic mass is 9.92. The molecule has 1 N–H and O–H groups in total. The molecule has 9 nitrogen and oxygen atoms in total. The highest BCUT2D eigenvalue weighted by Crippen LogP contribution is 2.46. The van der Waals surface area contributed by atoms with Crippen LogP contribution in [0.4, 0.5) is 6.01 Å². The van der Waals surface area contributed by atoms with Gasteiger partial charge in [-0.15, -0.1) is 0 Å². The first-order valence-electron chi connectivity index (χ1n) is 13.0. The molecule has 2 aliphatic heterocycles. The Morgan fingerprint density at radius 3 is 2.54 bits per heavy atom. The second-order valence-corrected chi connectivity index (χ2v) is 11.2. The second kappa shape index (κ2) is 9.82. The van der Waals surface area contributed by atoms with Gasteiger partial charge in [0.05, 0.1) is 53.6 Å². The summed E-state index contributed by atoms with van der Waals surface area (Å²) >= 11 is 13.0. The van der Waals surface area contributed by atoms with Gasteiger partial charge in [-0.1, -0.05) is 34.4 Å². The lowest BCUT2D eigenvalue weighted by Crippen LogP contribution is -2.58. The smallest absolute Gasteiger partial charge is 0.335 e. The van der Waals surface area contributed by atoms with Crippen LogP contribution >= 0.6 is 23.2 Å². The number of aromatic carboxylic acids is 1. The molecule has 2 saturated heterocycles. The number of hydrogen-bond acceptors (Lipinski definition) is 8. The third-order valence-corrected chi connectivity index (χ3v) is 8.38. The van der Waals surface area contributed by atoms with Crippen LogP contribution in [-0.4, -0.2) is 52.6 Å². The van der Waals surface area contributed by atoms with Crippen LogP contribution in [-0.2, 0) is 16.1 Å². The highest BCUT2D eigenvalue weighted by molar-refractivity contribution is 6.39. The van der Waals surface area contributed by atoms with Gasteiger partial charge < -0.3 is 28.4 Å². The molecule has 2 bridgehead atoms. The molecule has 202 valence electrons. The van der Waals surface area contributed by atoms with E-state index < -0.39 is 5.97 Å². The molecule has 0 radical (unpaired) electrons. The summed E-state index contributed by atoms with van der Waals surface area (Å²) in [5.74, 6) is 0.200. The second-order valence-electron chi connectivity index (χ2n) is 10.4. The normalized spacial score (nSPS) is 22.9. The fourth-order valence-electron chi connectivity index (χ4n) is 5.72. The van der Waals surface area contributed by atoms with Crippen LogP contribution in [0.3, 0.4) is 0 Å². The summed E-state index contributed by atoms with van der Waals surface area (Å²) in [6.07, 6.45) is 3.57. The third kappa shape index (κ3) is 4.57. The van der Waals surface area contributed by atoms with E-state index in [0.29, 0.717) is 64.2 Å². The van der Waals surface area contributed by atoms with Crippen LogP contribution in [0, 0.1) is 0 Å². The Kier molecular flexibility index (Phi) is 6.27. The number of anilines is 1. The van der Waals surface area contributed by atoms with Gasteiger partial charge in [-0.05, 0) is 56.0 Å². The summed E-state index contributed by atoms with van der Waals surface area (Å²) in [6, 6.07) is 10.6. The summed E-state index contributed by atoms with van der Waals surface area (Å²) in [5, 5.41) is 14.7. The number of halogens is 2. The average molecular weight is 570 g/mol. The maximum atomic E-state index is 11.4. The van der Waals surface area contributed by atoms with Gasteiger partial charge in [0.25, 0.3) is 6.01 Å². The highest BCUT2D eigenvalue weighted by Gasteiger charge is 2.42. The summed E-state index contributed by atoms with van der Waals surface area (Å²) in [6.45, 7) is 1.39. The predicted molar refractivity (Wildman–Crippen MR) is 144 cm³/mol. The van der Waals surface area contributed by atoms with Crippen molar-refractivity contribution in [3.63, 3.8) is 0 Å². The number of carboxylic acid groups (broad SMARTS) is 1. The van der Waals surface area contributed by atoms with Crippen molar-refractivity contribution in [2.75, 3.05) is 18.1 Å². The first-order chi connectivity index (χ1) is 19.0. The van der Waals surface area contributed by atoms with E-state index >= 15 is 0 Å². The Labute approximate surface area is 233 Å². The molecular weight excluding hydrogens is 545 g/mol. The van der Waals surface area contributed by atoms with Gasteiger partial charge in [-0.3, -0.25) is 0 Å². The van der Waals surface area contributed by atoms with Gasteiger partial charge in [0.1, 0.15) is 17.0 Å². The molecule has 2 aromatic heterocycles. The first-order valence-corrected chi connectivity index (χ1v) is 13.8. The van der Waals surface area contributed by atoms with Crippen molar-refractivity contribution < 1.29 is 28.3 Å². The van der Waals surface area contributed by atoms with Crippen molar-refractivity contribution >= 4 is 46.3 Å². The third-order valence-electron chi connectivity index (χ3n) is 7.75. The number of hydrogen-bond donors (Lipinski definition) is 1. The summed E-state index contributed by atoms with van der Waals surface area (Å²) in [5.41, 5.74) is 3.45. The van der Waals surface area contributed by atoms with Crippen LogP contribution in [0.5, 0.6) is 0 Å². The topological polar surface area (TPSA) is 111 Å². The zero-order valence-corrected chi connectivity index (χ0v) is 22.3. The molecule has 1 aliphatic carbocycles. The van der Waals surface area contributed by atoms with Crippen molar-refractivity contribution in [3.8, 4) is 11.3 Å². The fourth-order valence-corrected chi connectivity index (χ4v) is 6.30. The Balaban J connectivity index is 1.12. The summed E-state index contributed by atoms with van der Waals surface area (Å²) in [7, 11) is 0. The number of benzene rings is 2. The Hall–Kier alpha value is -3.11. The lowest BCUT2D eigenvalue weighted by molar-refractivity contribution is -0.0410. The molecule has 39 heavy (non-hydrogen) atoms. The molecule has 0 amide bonds. The number of morpholine rings is 1. The van der Waals surface area contributed by atoms with Crippen molar-refractivity contribution in [1.82, 2.24) is 10.1 Å². The molecule has 2 aromatic carbocycles. The van der Waals surface area contributed by atoms with Crippen molar-refractivity contribution in [1.29, 1.82) is 0 Å². The Morgan fingerprint density at radius 2 is 1.85 bits per heavy atom. The molecule has 11 heteroatoms. The minimum atomic E-state index is -1.00. The van der Waals surface area contributed by atoms with E-state index in [0.717, 1.165) is 37.0 Å². The van der Waals surface area contributed by atoms with E-state index in [4.69, 9.17) is 41.6 Å². The SMILES string of the molecule is O=C(O)c1ccc2nc(N3C4COCC3CC(OCc3c(-c5c(Cl)cccc5Cl)noc3C3CC3)C4)oc2c1.